The average molecular weight is 185 g/mol. The number of aliphatic imine (C=N–C) groups is 1. The lowest BCUT2D eigenvalue weighted by Crippen LogP contribution is -1.81. The number of rotatable bonds is 2. The van der Waals surface area contributed by atoms with Gasteiger partial charge in [-0.2, -0.15) is 0 Å². The fourth-order valence-electron chi connectivity index (χ4n) is 1.49. The molecule has 0 atom stereocenters. The van der Waals surface area contributed by atoms with Gasteiger partial charge in [-0.3, -0.25) is 4.99 Å². The Morgan fingerprint density at radius 1 is 1.50 bits per heavy atom. The van der Waals surface area contributed by atoms with Crippen LogP contribution in [0.15, 0.2) is 29.5 Å². The first-order chi connectivity index (χ1) is 6.93. The van der Waals surface area contributed by atoms with Crippen LogP contribution in [-0.4, -0.2) is 22.2 Å². The standard InChI is InChI=1S/C11H11N3/c1-2-10-8(6-13-9-3-4-9)7-14-11(10)12-5-1/h1-2,5-7,9H,3-4H2,(H,12,14). The third kappa shape index (κ3) is 1.31. The highest BCUT2D eigenvalue weighted by Crippen LogP contribution is 2.23. The maximum Gasteiger partial charge on any atom is 0.137 e. The van der Waals surface area contributed by atoms with Crippen LogP contribution in [0.1, 0.15) is 18.4 Å². The van der Waals surface area contributed by atoms with Crippen molar-refractivity contribution >= 4 is 17.2 Å². The zero-order chi connectivity index (χ0) is 9.38. The van der Waals surface area contributed by atoms with Gasteiger partial charge in [0.1, 0.15) is 5.65 Å². The van der Waals surface area contributed by atoms with E-state index in [1.807, 2.05) is 18.5 Å². The van der Waals surface area contributed by atoms with Crippen LogP contribution in [0.3, 0.4) is 0 Å². The van der Waals surface area contributed by atoms with Crippen molar-refractivity contribution in [2.45, 2.75) is 18.9 Å². The van der Waals surface area contributed by atoms with Gasteiger partial charge >= 0.3 is 0 Å². The molecule has 2 aromatic heterocycles. The molecular weight excluding hydrogens is 174 g/mol. The lowest BCUT2D eigenvalue weighted by atomic mass is 10.2. The Labute approximate surface area is 81.9 Å². The summed E-state index contributed by atoms with van der Waals surface area (Å²) in [6.45, 7) is 0. The SMILES string of the molecule is C(=NC1CC1)c1c[nH]c2ncccc12. The monoisotopic (exact) mass is 185 g/mol. The fraction of sp³-hybridized carbons (Fsp3) is 0.273. The second-order valence-electron chi connectivity index (χ2n) is 3.65. The van der Waals surface area contributed by atoms with E-state index in [1.54, 1.807) is 6.20 Å². The number of H-pyrrole nitrogens is 1. The highest BCUT2D eigenvalue weighted by atomic mass is 14.9. The molecule has 0 amide bonds. The molecule has 70 valence electrons. The molecule has 3 rings (SSSR count). The molecule has 0 aliphatic heterocycles. The van der Waals surface area contributed by atoms with E-state index in [4.69, 9.17) is 0 Å². The summed E-state index contributed by atoms with van der Waals surface area (Å²) < 4.78 is 0. The van der Waals surface area contributed by atoms with Gasteiger partial charge in [-0.15, -0.1) is 0 Å². The second kappa shape index (κ2) is 2.94. The number of nitrogens with one attached hydrogen (secondary N) is 1. The molecule has 2 heterocycles. The molecule has 0 spiro atoms. The molecule has 1 saturated carbocycles. The van der Waals surface area contributed by atoms with Crippen LogP contribution in [0, 0.1) is 0 Å². The van der Waals surface area contributed by atoms with Gasteiger partial charge in [0.25, 0.3) is 0 Å². The lowest BCUT2D eigenvalue weighted by molar-refractivity contribution is 1.08. The minimum atomic E-state index is 0.580. The summed E-state index contributed by atoms with van der Waals surface area (Å²) in [5, 5.41) is 1.15. The van der Waals surface area contributed by atoms with Gasteiger partial charge in [0.2, 0.25) is 0 Å². The first-order valence-electron chi connectivity index (χ1n) is 4.89. The second-order valence-corrected chi connectivity index (χ2v) is 3.65. The van der Waals surface area contributed by atoms with Crippen LogP contribution in [0.4, 0.5) is 0 Å². The molecule has 1 aliphatic carbocycles. The molecule has 0 saturated heterocycles. The number of pyridine rings is 1. The largest absolute Gasteiger partial charge is 0.345 e. The molecule has 0 unspecified atom stereocenters. The van der Waals surface area contributed by atoms with E-state index in [9.17, 15) is 0 Å². The van der Waals surface area contributed by atoms with Crippen LogP contribution < -0.4 is 0 Å². The summed E-state index contributed by atoms with van der Waals surface area (Å²) >= 11 is 0. The Morgan fingerprint density at radius 2 is 2.43 bits per heavy atom. The van der Waals surface area contributed by atoms with Gasteiger partial charge in [-0.05, 0) is 25.0 Å². The number of hydrogen-bond donors (Lipinski definition) is 1. The van der Waals surface area contributed by atoms with Gasteiger partial charge in [-0.1, -0.05) is 0 Å². The normalized spacial score (nSPS) is 16.9. The van der Waals surface area contributed by atoms with Crippen molar-refractivity contribution in [1.82, 2.24) is 9.97 Å². The van der Waals surface area contributed by atoms with Crippen LogP contribution in [-0.2, 0) is 0 Å². The third-order valence-corrected chi connectivity index (χ3v) is 2.45. The van der Waals surface area contributed by atoms with E-state index < -0.39 is 0 Å². The van der Waals surface area contributed by atoms with Gasteiger partial charge in [0.15, 0.2) is 0 Å². The molecule has 1 fully saturated rings. The molecule has 0 aromatic carbocycles. The Balaban J connectivity index is 2.03. The van der Waals surface area contributed by atoms with Gasteiger partial charge in [-0.25, -0.2) is 4.98 Å². The fourth-order valence-corrected chi connectivity index (χ4v) is 1.49. The van der Waals surface area contributed by atoms with Crippen molar-refractivity contribution in [2.75, 3.05) is 0 Å². The molecular formula is C11H11N3. The molecule has 3 nitrogen and oxygen atoms in total. The maximum absolute atomic E-state index is 4.46. The number of aromatic nitrogens is 2. The third-order valence-electron chi connectivity index (χ3n) is 2.45. The Hall–Kier alpha value is -1.64. The first-order valence-corrected chi connectivity index (χ1v) is 4.89. The summed E-state index contributed by atoms with van der Waals surface area (Å²) in [5.41, 5.74) is 2.07. The zero-order valence-electron chi connectivity index (χ0n) is 7.77. The number of fused-ring (bicyclic) bond motifs is 1. The predicted molar refractivity (Wildman–Crippen MR) is 56.7 cm³/mol. The van der Waals surface area contributed by atoms with Crippen LogP contribution >= 0.6 is 0 Å². The van der Waals surface area contributed by atoms with E-state index in [-0.39, 0.29) is 0 Å². The number of aromatic amines is 1. The van der Waals surface area contributed by atoms with E-state index in [0.29, 0.717) is 6.04 Å². The smallest absolute Gasteiger partial charge is 0.137 e. The van der Waals surface area contributed by atoms with E-state index in [1.165, 1.54) is 12.8 Å². The average Bonchev–Trinajstić information content (AvgIpc) is 2.96. The van der Waals surface area contributed by atoms with Crippen molar-refractivity contribution in [2.24, 2.45) is 4.99 Å². The first kappa shape index (κ1) is 7.74. The zero-order valence-corrected chi connectivity index (χ0v) is 7.77. The van der Waals surface area contributed by atoms with Gasteiger partial charge in [0, 0.05) is 29.6 Å². The highest BCUT2D eigenvalue weighted by Gasteiger charge is 2.18. The van der Waals surface area contributed by atoms with Crippen molar-refractivity contribution in [3.05, 3.63) is 30.1 Å². The van der Waals surface area contributed by atoms with Crippen molar-refractivity contribution in [3.8, 4) is 0 Å². The molecule has 14 heavy (non-hydrogen) atoms. The Bertz CT molecular complexity index is 480. The molecule has 0 bridgehead atoms. The molecule has 1 aliphatic rings. The Kier molecular flexibility index (Phi) is 1.63. The predicted octanol–water partition coefficient (Wildman–Crippen LogP) is 2.14. The summed E-state index contributed by atoms with van der Waals surface area (Å²) in [4.78, 5) is 11.8. The summed E-state index contributed by atoms with van der Waals surface area (Å²) in [5.74, 6) is 0. The summed E-state index contributed by atoms with van der Waals surface area (Å²) in [6.07, 6.45) is 8.20. The van der Waals surface area contributed by atoms with Crippen molar-refractivity contribution in [3.63, 3.8) is 0 Å². The van der Waals surface area contributed by atoms with E-state index >= 15 is 0 Å². The number of hydrogen-bond acceptors (Lipinski definition) is 2. The minimum absolute atomic E-state index is 0.580. The van der Waals surface area contributed by atoms with Crippen LogP contribution in [0.5, 0.6) is 0 Å². The maximum atomic E-state index is 4.46. The Morgan fingerprint density at radius 3 is 3.29 bits per heavy atom. The van der Waals surface area contributed by atoms with E-state index in [2.05, 4.69) is 21.0 Å². The highest BCUT2D eigenvalue weighted by molar-refractivity contribution is 5.97. The molecule has 1 N–H and O–H groups in total. The number of nitrogens with zero attached hydrogens (tertiary/aromatic N) is 2. The van der Waals surface area contributed by atoms with Gasteiger partial charge < -0.3 is 4.98 Å². The molecule has 3 heteroatoms. The summed E-state index contributed by atoms with van der Waals surface area (Å²) in [6, 6.07) is 4.59. The minimum Gasteiger partial charge on any atom is -0.345 e. The van der Waals surface area contributed by atoms with Crippen LogP contribution in [0.2, 0.25) is 0 Å². The summed E-state index contributed by atoms with van der Waals surface area (Å²) in [7, 11) is 0. The van der Waals surface area contributed by atoms with Crippen LogP contribution in [0.25, 0.3) is 11.0 Å². The van der Waals surface area contributed by atoms with E-state index in [0.717, 1.165) is 16.6 Å². The topological polar surface area (TPSA) is 41.0 Å². The lowest BCUT2D eigenvalue weighted by Gasteiger charge is -1.89. The van der Waals surface area contributed by atoms with Gasteiger partial charge in [0.05, 0.1) is 6.04 Å². The quantitative estimate of drug-likeness (QED) is 0.715. The molecule has 2 aromatic rings. The van der Waals surface area contributed by atoms with Crippen molar-refractivity contribution < 1.29 is 0 Å². The van der Waals surface area contributed by atoms with Crippen molar-refractivity contribution in [1.29, 1.82) is 0 Å². The molecule has 0 radical (unpaired) electrons.